The van der Waals surface area contributed by atoms with Crippen LogP contribution in [0.4, 0.5) is 16.2 Å². The van der Waals surface area contributed by atoms with Gasteiger partial charge >= 0.3 is 6.03 Å². The molecule has 1 aliphatic rings. The van der Waals surface area contributed by atoms with E-state index in [1.807, 2.05) is 24.3 Å². The molecule has 2 aromatic rings. The predicted molar refractivity (Wildman–Crippen MR) is 103 cm³/mol. The van der Waals surface area contributed by atoms with Crippen molar-refractivity contribution in [3.05, 3.63) is 53.1 Å². The number of urea groups is 1. The van der Waals surface area contributed by atoms with Gasteiger partial charge in [0.25, 0.3) is 0 Å². The molecule has 0 spiro atoms. The topological polar surface area (TPSA) is 73.8 Å². The SMILES string of the molecule is O=C(NCCc1ccc(O)cc1)Nc1cc(N2CCOCC2)ccc1Cl. The molecule has 1 heterocycles. The van der Waals surface area contributed by atoms with Gasteiger partial charge in [-0.05, 0) is 42.3 Å². The van der Waals surface area contributed by atoms with Gasteiger partial charge in [-0.15, -0.1) is 0 Å². The summed E-state index contributed by atoms with van der Waals surface area (Å²) in [5, 5.41) is 15.4. The maximum atomic E-state index is 12.1. The largest absolute Gasteiger partial charge is 0.508 e. The lowest BCUT2D eigenvalue weighted by atomic mass is 10.1. The van der Waals surface area contributed by atoms with E-state index in [9.17, 15) is 9.90 Å². The van der Waals surface area contributed by atoms with Crippen LogP contribution in [-0.2, 0) is 11.2 Å². The van der Waals surface area contributed by atoms with Gasteiger partial charge in [-0.2, -0.15) is 0 Å². The monoisotopic (exact) mass is 375 g/mol. The maximum absolute atomic E-state index is 12.1. The zero-order valence-electron chi connectivity index (χ0n) is 14.4. The molecule has 6 nitrogen and oxygen atoms in total. The van der Waals surface area contributed by atoms with Crippen molar-refractivity contribution in [3.63, 3.8) is 0 Å². The van der Waals surface area contributed by atoms with Gasteiger partial charge in [0, 0.05) is 25.3 Å². The number of nitrogens with zero attached hydrogens (tertiary/aromatic N) is 1. The van der Waals surface area contributed by atoms with Crippen LogP contribution in [0.3, 0.4) is 0 Å². The van der Waals surface area contributed by atoms with Crippen molar-refractivity contribution in [1.82, 2.24) is 5.32 Å². The Kier molecular flexibility index (Phi) is 6.20. The Morgan fingerprint density at radius 1 is 1.15 bits per heavy atom. The van der Waals surface area contributed by atoms with E-state index in [-0.39, 0.29) is 11.8 Å². The second-order valence-electron chi connectivity index (χ2n) is 6.06. The Balaban J connectivity index is 1.53. The molecule has 3 rings (SSSR count). The van der Waals surface area contributed by atoms with Crippen LogP contribution in [0.5, 0.6) is 5.75 Å². The highest BCUT2D eigenvalue weighted by molar-refractivity contribution is 6.33. The first-order chi connectivity index (χ1) is 12.6. The van der Waals surface area contributed by atoms with Gasteiger partial charge in [-0.25, -0.2) is 4.79 Å². The fourth-order valence-corrected chi connectivity index (χ4v) is 2.94. The van der Waals surface area contributed by atoms with E-state index in [1.54, 1.807) is 18.2 Å². The Hall–Kier alpha value is -2.44. The summed E-state index contributed by atoms with van der Waals surface area (Å²) in [6.07, 6.45) is 0.676. The van der Waals surface area contributed by atoms with Gasteiger partial charge < -0.3 is 25.4 Å². The lowest BCUT2D eigenvalue weighted by molar-refractivity contribution is 0.122. The summed E-state index contributed by atoms with van der Waals surface area (Å²) in [4.78, 5) is 14.3. The van der Waals surface area contributed by atoms with Crippen molar-refractivity contribution in [1.29, 1.82) is 0 Å². The van der Waals surface area contributed by atoms with Crippen LogP contribution in [0.2, 0.25) is 5.02 Å². The fourth-order valence-electron chi connectivity index (χ4n) is 2.78. The number of morpholine rings is 1. The van der Waals surface area contributed by atoms with Crippen LogP contribution < -0.4 is 15.5 Å². The van der Waals surface area contributed by atoms with Crippen molar-refractivity contribution in [3.8, 4) is 5.75 Å². The van der Waals surface area contributed by atoms with Crippen LogP contribution in [0.15, 0.2) is 42.5 Å². The van der Waals surface area contributed by atoms with E-state index in [2.05, 4.69) is 15.5 Å². The molecular formula is C19H22ClN3O3. The van der Waals surface area contributed by atoms with Crippen LogP contribution in [0.25, 0.3) is 0 Å². The maximum Gasteiger partial charge on any atom is 0.319 e. The summed E-state index contributed by atoms with van der Waals surface area (Å²) in [6.45, 7) is 3.52. The minimum atomic E-state index is -0.301. The number of nitrogens with one attached hydrogen (secondary N) is 2. The zero-order valence-corrected chi connectivity index (χ0v) is 15.1. The number of hydrogen-bond donors (Lipinski definition) is 3. The molecule has 3 N–H and O–H groups in total. The molecule has 2 aromatic carbocycles. The van der Waals surface area contributed by atoms with Gasteiger partial charge in [0.15, 0.2) is 0 Å². The number of ether oxygens (including phenoxy) is 1. The third kappa shape index (κ3) is 5.03. The molecule has 26 heavy (non-hydrogen) atoms. The van der Waals surface area contributed by atoms with Gasteiger partial charge in [-0.3, -0.25) is 0 Å². The van der Waals surface area contributed by atoms with Crippen molar-refractivity contribution in [2.24, 2.45) is 0 Å². The summed E-state index contributed by atoms with van der Waals surface area (Å²) < 4.78 is 5.37. The minimum absolute atomic E-state index is 0.231. The third-order valence-electron chi connectivity index (χ3n) is 4.21. The van der Waals surface area contributed by atoms with Crippen LogP contribution in [-0.4, -0.2) is 44.0 Å². The molecule has 0 unspecified atom stereocenters. The molecule has 0 bridgehead atoms. The quantitative estimate of drug-likeness (QED) is 0.750. The summed E-state index contributed by atoms with van der Waals surface area (Å²) in [5.41, 5.74) is 2.63. The van der Waals surface area contributed by atoms with Crippen molar-refractivity contribution in [2.75, 3.05) is 43.1 Å². The van der Waals surface area contributed by atoms with Gasteiger partial charge in [-0.1, -0.05) is 23.7 Å². The molecule has 0 aromatic heterocycles. The zero-order chi connectivity index (χ0) is 18.4. The molecular weight excluding hydrogens is 354 g/mol. The minimum Gasteiger partial charge on any atom is -0.508 e. The number of phenols is 1. The third-order valence-corrected chi connectivity index (χ3v) is 4.54. The summed E-state index contributed by atoms with van der Waals surface area (Å²) >= 11 is 6.21. The predicted octanol–water partition coefficient (Wildman–Crippen LogP) is 3.25. The van der Waals surface area contributed by atoms with E-state index in [1.165, 1.54) is 0 Å². The standard InChI is InChI=1S/C19H22ClN3O3/c20-17-6-3-15(23-9-11-26-12-10-23)13-18(17)22-19(25)21-8-7-14-1-4-16(24)5-2-14/h1-6,13,24H,7-12H2,(H2,21,22,25). The number of amides is 2. The first-order valence-electron chi connectivity index (χ1n) is 8.57. The number of halogens is 1. The molecule has 0 saturated carbocycles. The Morgan fingerprint density at radius 3 is 2.62 bits per heavy atom. The lowest BCUT2D eigenvalue weighted by Crippen LogP contribution is -2.36. The molecule has 1 aliphatic heterocycles. The van der Waals surface area contributed by atoms with Crippen LogP contribution >= 0.6 is 11.6 Å². The lowest BCUT2D eigenvalue weighted by Gasteiger charge is -2.29. The van der Waals surface area contributed by atoms with Crippen LogP contribution in [0.1, 0.15) is 5.56 Å². The number of carbonyl (C=O) groups excluding carboxylic acids is 1. The Labute approximate surface area is 157 Å². The first kappa shape index (κ1) is 18.4. The normalized spacial score (nSPS) is 14.1. The summed E-state index contributed by atoms with van der Waals surface area (Å²) in [7, 11) is 0. The number of aromatic hydroxyl groups is 1. The van der Waals surface area contributed by atoms with E-state index in [4.69, 9.17) is 16.3 Å². The Morgan fingerprint density at radius 2 is 1.88 bits per heavy atom. The number of anilines is 2. The molecule has 0 atom stereocenters. The second-order valence-corrected chi connectivity index (χ2v) is 6.47. The van der Waals surface area contributed by atoms with Crippen molar-refractivity contribution >= 4 is 29.0 Å². The molecule has 2 amide bonds. The highest BCUT2D eigenvalue weighted by Crippen LogP contribution is 2.28. The van der Waals surface area contributed by atoms with Crippen molar-refractivity contribution < 1.29 is 14.6 Å². The number of hydrogen-bond acceptors (Lipinski definition) is 4. The average Bonchev–Trinajstić information content (AvgIpc) is 2.66. The first-order valence-corrected chi connectivity index (χ1v) is 8.94. The van der Waals surface area contributed by atoms with Gasteiger partial charge in [0.05, 0.1) is 23.9 Å². The number of rotatable bonds is 5. The molecule has 7 heteroatoms. The van der Waals surface area contributed by atoms with E-state index in [0.717, 1.165) is 24.3 Å². The summed E-state index contributed by atoms with van der Waals surface area (Å²) in [6, 6.07) is 12.2. The Bertz CT molecular complexity index is 746. The molecule has 0 aliphatic carbocycles. The van der Waals surface area contributed by atoms with E-state index >= 15 is 0 Å². The molecule has 0 radical (unpaired) electrons. The van der Waals surface area contributed by atoms with Gasteiger partial charge in [0.2, 0.25) is 0 Å². The number of carbonyl (C=O) groups is 1. The smallest absolute Gasteiger partial charge is 0.319 e. The molecule has 1 fully saturated rings. The average molecular weight is 376 g/mol. The summed E-state index contributed by atoms with van der Waals surface area (Å²) in [5.74, 6) is 0.231. The van der Waals surface area contributed by atoms with E-state index in [0.29, 0.717) is 36.9 Å². The second kappa shape index (κ2) is 8.78. The van der Waals surface area contributed by atoms with Crippen molar-refractivity contribution in [2.45, 2.75) is 6.42 Å². The highest BCUT2D eigenvalue weighted by atomic mass is 35.5. The van der Waals surface area contributed by atoms with Crippen LogP contribution in [0, 0.1) is 0 Å². The van der Waals surface area contributed by atoms with E-state index < -0.39 is 0 Å². The number of phenolic OH excluding ortho intramolecular Hbond substituents is 1. The molecule has 138 valence electrons. The fraction of sp³-hybridized carbons (Fsp3) is 0.316. The highest BCUT2D eigenvalue weighted by Gasteiger charge is 2.13. The number of benzene rings is 2. The van der Waals surface area contributed by atoms with Gasteiger partial charge in [0.1, 0.15) is 5.75 Å². The molecule has 1 saturated heterocycles.